The number of nitriles is 1. The predicted octanol–water partition coefficient (Wildman–Crippen LogP) is 2.37. The van der Waals surface area contributed by atoms with Crippen LogP contribution in [-0.2, 0) is 6.54 Å². The number of aryl methyl sites for hydroxylation is 1. The summed E-state index contributed by atoms with van der Waals surface area (Å²) in [4.78, 5) is 33.2. The van der Waals surface area contributed by atoms with Crippen LogP contribution in [0.5, 0.6) is 0 Å². The molecular weight excluding hydrogens is 425 g/mol. The van der Waals surface area contributed by atoms with E-state index in [1.807, 2.05) is 6.07 Å². The Hall–Kier alpha value is -4.65. The average Bonchev–Trinajstić information content (AvgIpc) is 3.05. The Labute approximate surface area is 187 Å². The molecule has 2 amide bonds. The molecule has 0 aliphatic carbocycles. The zero-order valence-corrected chi connectivity index (χ0v) is 17.8. The molecule has 1 aromatic carbocycles. The van der Waals surface area contributed by atoms with Crippen LogP contribution in [0.3, 0.4) is 0 Å². The zero-order chi connectivity index (χ0) is 23.9. The van der Waals surface area contributed by atoms with Gasteiger partial charge in [-0.25, -0.2) is 14.4 Å². The standard InChI is InChI=1S/C23H18FN7O2/c1-11-18(12(2)31(30-11)10-13-3-5-15(8-25)28-9-13)20-19(22(26)32)16-7-14(24)4-6-17(16)29-21(20)23(27)33/h3-7,9H,10H2,1-2H3,(H2,26,32)(H2,27,33). The fourth-order valence-corrected chi connectivity index (χ4v) is 3.88. The molecule has 33 heavy (non-hydrogen) atoms. The molecule has 0 atom stereocenters. The van der Waals surface area contributed by atoms with Crippen LogP contribution >= 0.6 is 0 Å². The Morgan fingerprint density at radius 1 is 1.12 bits per heavy atom. The molecule has 0 unspecified atom stereocenters. The van der Waals surface area contributed by atoms with Crippen LogP contribution in [-0.4, -0.2) is 31.6 Å². The molecule has 3 heterocycles. The number of pyridine rings is 2. The van der Waals surface area contributed by atoms with E-state index in [9.17, 15) is 14.0 Å². The lowest BCUT2D eigenvalue weighted by Gasteiger charge is -2.15. The van der Waals surface area contributed by atoms with E-state index in [2.05, 4.69) is 15.1 Å². The van der Waals surface area contributed by atoms with Crippen LogP contribution in [0.4, 0.5) is 4.39 Å². The van der Waals surface area contributed by atoms with Gasteiger partial charge < -0.3 is 11.5 Å². The smallest absolute Gasteiger partial charge is 0.267 e. The normalized spacial score (nSPS) is 10.8. The number of nitrogens with zero attached hydrogens (tertiary/aromatic N) is 5. The number of fused-ring (bicyclic) bond motifs is 1. The van der Waals surface area contributed by atoms with Gasteiger partial charge in [-0.15, -0.1) is 0 Å². The molecule has 0 saturated heterocycles. The Morgan fingerprint density at radius 3 is 2.48 bits per heavy atom. The van der Waals surface area contributed by atoms with Crippen molar-refractivity contribution in [3.05, 3.63) is 76.2 Å². The SMILES string of the molecule is Cc1nn(Cc2ccc(C#N)nc2)c(C)c1-c1c(C(N)=O)nc2ccc(F)cc2c1C(N)=O. The number of nitrogens with two attached hydrogens (primary N) is 2. The number of halogens is 1. The Balaban J connectivity index is 1.97. The Morgan fingerprint density at radius 2 is 1.88 bits per heavy atom. The van der Waals surface area contributed by atoms with E-state index in [0.717, 1.165) is 11.6 Å². The monoisotopic (exact) mass is 443 g/mol. The first-order chi connectivity index (χ1) is 15.7. The molecule has 9 nitrogen and oxygen atoms in total. The van der Waals surface area contributed by atoms with Gasteiger partial charge in [0.05, 0.1) is 23.3 Å². The Kier molecular flexibility index (Phi) is 5.31. The van der Waals surface area contributed by atoms with E-state index in [4.69, 9.17) is 16.7 Å². The van der Waals surface area contributed by atoms with Crippen molar-refractivity contribution in [3.8, 4) is 17.2 Å². The fourth-order valence-electron chi connectivity index (χ4n) is 3.88. The lowest BCUT2D eigenvalue weighted by molar-refractivity contribution is 0.0996. The lowest BCUT2D eigenvalue weighted by Crippen LogP contribution is -2.21. The predicted molar refractivity (Wildman–Crippen MR) is 117 cm³/mol. The highest BCUT2D eigenvalue weighted by Crippen LogP contribution is 2.36. The van der Waals surface area contributed by atoms with Crippen LogP contribution in [0.1, 0.15) is 43.5 Å². The van der Waals surface area contributed by atoms with Crippen LogP contribution in [0.2, 0.25) is 0 Å². The van der Waals surface area contributed by atoms with Gasteiger partial charge in [-0.1, -0.05) is 6.07 Å². The minimum absolute atomic E-state index is 0.0564. The van der Waals surface area contributed by atoms with Crippen molar-refractivity contribution in [2.24, 2.45) is 11.5 Å². The first kappa shape index (κ1) is 21.6. The molecule has 0 aliphatic heterocycles. The first-order valence-electron chi connectivity index (χ1n) is 9.83. The summed E-state index contributed by atoms with van der Waals surface area (Å²) in [5, 5.41) is 13.6. The summed E-state index contributed by atoms with van der Waals surface area (Å²) >= 11 is 0. The summed E-state index contributed by atoms with van der Waals surface area (Å²) in [6.07, 6.45) is 1.57. The summed E-state index contributed by atoms with van der Waals surface area (Å²) in [7, 11) is 0. The highest BCUT2D eigenvalue weighted by molar-refractivity contribution is 6.15. The van der Waals surface area contributed by atoms with E-state index in [1.54, 1.807) is 36.9 Å². The van der Waals surface area contributed by atoms with Crippen LogP contribution in [0, 0.1) is 31.0 Å². The molecule has 0 saturated carbocycles. The minimum Gasteiger partial charge on any atom is -0.366 e. The third kappa shape index (κ3) is 3.76. The van der Waals surface area contributed by atoms with Crippen molar-refractivity contribution >= 4 is 22.7 Å². The molecule has 4 aromatic rings. The summed E-state index contributed by atoms with van der Waals surface area (Å²) in [6.45, 7) is 3.79. The summed E-state index contributed by atoms with van der Waals surface area (Å²) < 4.78 is 15.7. The van der Waals surface area contributed by atoms with Crippen molar-refractivity contribution < 1.29 is 14.0 Å². The summed E-state index contributed by atoms with van der Waals surface area (Å²) in [5.74, 6) is -2.29. The zero-order valence-electron chi connectivity index (χ0n) is 17.8. The van der Waals surface area contributed by atoms with Gasteiger partial charge in [0.1, 0.15) is 23.3 Å². The molecule has 3 aromatic heterocycles. The number of carbonyl (C=O) groups excluding carboxylic acids is 2. The van der Waals surface area contributed by atoms with Crippen LogP contribution in [0.15, 0.2) is 36.5 Å². The second-order valence-electron chi connectivity index (χ2n) is 7.47. The van der Waals surface area contributed by atoms with Crippen molar-refractivity contribution in [1.82, 2.24) is 19.7 Å². The van der Waals surface area contributed by atoms with Gasteiger partial charge in [0, 0.05) is 28.4 Å². The maximum atomic E-state index is 14.0. The molecule has 4 rings (SSSR count). The van der Waals surface area contributed by atoms with Gasteiger partial charge in [-0.05, 0) is 43.7 Å². The number of benzene rings is 1. The maximum absolute atomic E-state index is 14.0. The summed E-state index contributed by atoms with van der Waals surface area (Å²) in [5.41, 5.74) is 14.1. The number of amides is 2. The largest absolute Gasteiger partial charge is 0.366 e. The van der Waals surface area contributed by atoms with Gasteiger partial charge >= 0.3 is 0 Å². The van der Waals surface area contributed by atoms with Gasteiger partial charge in [-0.3, -0.25) is 14.3 Å². The van der Waals surface area contributed by atoms with Crippen LogP contribution in [0.25, 0.3) is 22.0 Å². The fraction of sp³-hybridized carbons (Fsp3) is 0.130. The number of carbonyl (C=O) groups is 2. The van der Waals surface area contributed by atoms with Gasteiger partial charge in [0.2, 0.25) is 5.91 Å². The van der Waals surface area contributed by atoms with Crippen molar-refractivity contribution in [1.29, 1.82) is 5.26 Å². The second-order valence-corrected chi connectivity index (χ2v) is 7.47. The molecule has 0 radical (unpaired) electrons. The topological polar surface area (TPSA) is 154 Å². The van der Waals surface area contributed by atoms with E-state index >= 15 is 0 Å². The van der Waals surface area contributed by atoms with Crippen LogP contribution < -0.4 is 11.5 Å². The Bertz CT molecular complexity index is 1480. The van der Waals surface area contributed by atoms with Gasteiger partial charge in [0.15, 0.2) is 0 Å². The third-order valence-corrected chi connectivity index (χ3v) is 5.33. The summed E-state index contributed by atoms with van der Waals surface area (Å²) in [6, 6.07) is 8.99. The van der Waals surface area contributed by atoms with E-state index < -0.39 is 17.6 Å². The molecule has 0 bridgehead atoms. The number of aromatic nitrogens is 4. The first-order valence-corrected chi connectivity index (χ1v) is 9.83. The molecule has 0 fully saturated rings. The molecular formula is C23H18FN7O2. The van der Waals surface area contributed by atoms with Crippen molar-refractivity contribution in [3.63, 3.8) is 0 Å². The van der Waals surface area contributed by atoms with E-state index in [1.165, 1.54) is 12.1 Å². The third-order valence-electron chi connectivity index (χ3n) is 5.33. The molecule has 0 aliphatic rings. The average molecular weight is 443 g/mol. The quantitative estimate of drug-likeness (QED) is 0.483. The molecule has 10 heteroatoms. The van der Waals surface area contributed by atoms with Gasteiger partial charge in [-0.2, -0.15) is 10.4 Å². The maximum Gasteiger partial charge on any atom is 0.267 e. The highest BCUT2D eigenvalue weighted by Gasteiger charge is 2.27. The molecule has 0 spiro atoms. The second kappa shape index (κ2) is 8.12. The van der Waals surface area contributed by atoms with Crippen molar-refractivity contribution in [2.45, 2.75) is 20.4 Å². The van der Waals surface area contributed by atoms with E-state index in [0.29, 0.717) is 29.2 Å². The number of primary amides is 2. The molecule has 164 valence electrons. The van der Waals surface area contributed by atoms with E-state index in [-0.39, 0.29) is 27.7 Å². The highest BCUT2D eigenvalue weighted by atomic mass is 19.1. The van der Waals surface area contributed by atoms with Gasteiger partial charge in [0.25, 0.3) is 5.91 Å². The minimum atomic E-state index is -0.860. The number of hydrogen-bond donors (Lipinski definition) is 2. The number of rotatable bonds is 5. The lowest BCUT2D eigenvalue weighted by atomic mass is 9.92. The van der Waals surface area contributed by atoms with Crippen molar-refractivity contribution in [2.75, 3.05) is 0 Å². The number of hydrogen-bond acceptors (Lipinski definition) is 6. The molecule has 4 N–H and O–H groups in total.